The van der Waals surface area contributed by atoms with Crippen molar-refractivity contribution in [1.82, 2.24) is 14.5 Å². The molecule has 0 unspecified atom stereocenters. The lowest BCUT2D eigenvalue weighted by Gasteiger charge is -2.29. The molecule has 0 aromatic heterocycles. The van der Waals surface area contributed by atoms with E-state index in [9.17, 15) is 22.4 Å². The average molecular weight is 464 g/mol. The van der Waals surface area contributed by atoms with Crippen LogP contribution in [0.3, 0.4) is 0 Å². The number of hydrogen-bond donors (Lipinski definition) is 1. The second kappa shape index (κ2) is 11.7. The van der Waals surface area contributed by atoms with Gasteiger partial charge in [0.1, 0.15) is 11.9 Å². The molecule has 2 rings (SSSR count). The summed E-state index contributed by atoms with van der Waals surface area (Å²) in [6.07, 6.45) is 0.282. The molecule has 0 aliphatic heterocycles. The van der Waals surface area contributed by atoms with Gasteiger partial charge in [-0.15, -0.1) is 0 Å². The summed E-state index contributed by atoms with van der Waals surface area (Å²) >= 11 is 0. The molecule has 0 saturated carbocycles. The number of carbonyl (C=O) groups excluding carboxylic acids is 2. The van der Waals surface area contributed by atoms with Gasteiger partial charge in [0.15, 0.2) is 0 Å². The fourth-order valence-electron chi connectivity index (χ4n) is 3.20. The molecular weight excluding hydrogens is 433 g/mol. The van der Waals surface area contributed by atoms with Crippen molar-refractivity contribution in [2.24, 2.45) is 0 Å². The Bertz CT molecular complexity index is 1010. The summed E-state index contributed by atoms with van der Waals surface area (Å²) in [5, 5.41) is 2.68. The van der Waals surface area contributed by atoms with E-state index < -0.39 is 21.9 Å². The number of nitrogens with one attached hydrogen (secondary N) is 1. The molecule has 1 N–H and O–H groups in total. The van der Waals surface area contributed by atoms with Crippen LogP contribution >= 0.6 is 0 Å². The molecule has 0 aliphatic rings. The predicted octanol–water partition coefficient (Wildman–Crippen LogP) is 2.78. The molecule has 9 heteroatoms. The zero-order valence-electron chi connectivity index (χ0n) is 18.6. The highest BCUT2D eigenvalue weighted by atomic mass is 32.2. The minimum absolute atomic E-state index is 0.0207. The summed E-state index contributed by atoms with van der Waals surface area (Å²) in [4.78, 5) is 26.8. The van der Waals surface area contributed by atoms with Crippen molar-refractivity contribution in [1.29, 1.82) is 0 Å². The van der Waals surface area contributed by atoms with Gasteiger partial charge in [-0.1, -0.05) is 36.4 Å². The molecule has 2 aromatic carbocycles. The van der Waals surface area contributed by atoms with Crippen molar-refractivity contribution in [2.45, 2.75) is 44.2 Å². The lowest BCUT2D eigenvalue weighted by molar-refractivity contribution is -0.140. The number of rotatable bonds is 11. The van der Waals surface area contributed by atoms with Crippen LogP contribution in [0, 0.1) is 5.82 Å². The van der Waals surface area contributed by atoms with Gasteiger partial charge in [-0.05, 0) is 38.5 Å². The van der Waals surface area contributed by atoms with Gasteiger partial charge in [0.2, 0.25) is 21.8 Å². The minimum Gasteiger partial charge on any atom is -0.355 e. The number of halogens is 1. The van der Waals surface area contributed by atoms with Crippen molar-refractivity contribution in [3.8, 4) is 0 Å². The average Bonchev–Trinajstić information content (AvgIpc) is 2.78. The van der Waals surface area contributed by atoms with Gasteiger partial charge in [-0.3, -0.25) is 9.59 Å². The lowest BCUT2D eigenvalue weighted by atomic mass is 10.1. The molecular formula is C23H30FN3O4S. The summed E-state index contributed by atoms with van der Waals surface area (Å²) in [6, 6.07) is 13.4. The number of sulfonamides is 1. The summed E-state index contributed by atoms with van der Waals surface area (Å²) in [5.74, 6) is -1.14. The SMILES string of the molecule is CCNC(=O)[C@@H](C)N(Cc1ccccc1F)C(=O)CCCN(C)S(=O)(=O)c1ccccc1. The monoisotopic (exact) mass is 463 g/mol. The Balaban J connectivity index is 2.07. The molecule has 2 amide bonds. The molecule has 0 saturated heterocycles. The van der Waals surface area contributed by atoms with Gasteiger partial charge in [0.05, 0.1) is 4.90 Å². The van der Waals surface area contributed by atoms with Crippen LogP contribution in [0.1, 0.15) is 32.3 Å². The second-order valence-electron chi connectivity index (χ2n) is 7.43. The number of likely N-dealkylation sites (N-methyl/N-ethyl adjacent to an activating group) is 1. The number of amides is 2. The Hall–Kier alpha value is -2.78. The lowest BCUT2D eigenvalue weighted by Crippen LogP contribution is -2.47. The standard InChI is InChI=1S/C23H30FN3O4S/c1-4-25-23(29)18(2)27(17-19-11-8-9-14-21(19)24)22(28)15-10-16-26(3)32(30,31)20-12-6-5-7-13-20/h5-9,11-14,18H,4,10,15-17H2,1-3H3,(H,25,29)/t18-/m1/s1. The highest BCUT2D eigenvalue weighted by Gasteiger charge is 2.27. The minimum atomic E-state index is -3.65. The van der Waals surface area contributed by atoms with Crippen LogP contribution in [0.25, 0.3) is 0 Å². The first kappa shape index (κ1) is 25.5. The third-order valence-corrected chi connectivity index (χ3v) is 7.00. The molecule has 174 valence electrons. The topological polar surface area (TPSA) is 86.8 Å². The molecule has 0 aliphatic carbocycles. The molecule has 2 aromatic rings. The van der Waals surface area contributed by atoms with Gasteiger partial charge in [0, 0.05) is 38.7 Å². The van der Waals surface area contributed by atoms with E-state index in [4.69, 9.17) is 0 Å². The van der Waals surface area contributed by atoms with Crippen LogP contribution in [0.5, 0.6) is 0 Å². The molecule has 0 heterocycles. The van der Waals surface area contributed by atoms with Gasteiger partial charge in [-0.25, -0.2) is 17.1 Å². The number of carbonyl (C=O) groups is 2. The molecule has 0 radical (unpaired) electrons. The van der Waals surface area contributed by atoms with E-state index in [1.165, 1.54) is 34.5 Å². The summed E-state index contributed by atoms with van der Waals surface area (Å²) in [5.41, 5.74) is 0.306. The first-order valence-electron chi connectivity index (χ1n) is 10.5. The molecule has 0 fully saturated rings. The van der Waals surface area contributed by atoms with Gasteiger partial charge >= 0.3 is 0 Å². The third-order valence-electron chi connectivity index (χ3n) is 5.13. The van der Waals surface area contributed by atoms with Crippen molar-refractivity contribution in [3.05, 3.63) is 66.0 Å². The van der Waals surface area contributed by atoms with Gasteiger partial charge in [-0.2, -0.15) is 0 Å². The predicted molar refractivity (Wildman–Crippen MR) is 121 cm³/mol. The maximum absolute atomic E-state index is 14.2. The van der Waals surface area contributed by atoms with Gasteiger partial charge < -0.3 is 10.2 Å². The smallest absolute Gasteiger partial charge is 0.242 e. The Morgan fingerprint density at radius 2 is 1.69 bits per heavy atom. The van der Waals surface area contributed by atoms with Crippen LogP contribution in [-0.4, -0.2) is 55.6 Å². The zero-order chi connectivity index (χ0) is 23.7. The van der Waals surface area contributed by atoms with Gasteiger partial charge in [0.25, 0.3) is 0 Å². The van der Waals surface area contributed by atoms with Crippen LogP contribution in [0.15, 0.2) is 59.5 Å². The maximum Gasteiger partial charge on any atom is 0.242 e. The van der Waals surface area contributed by atoms with Crippen LogP contribution in [0.2, 0.25) is 0 Å². The zero-order valence-corrected chi connectivity index (χ0v) is 19.4. The quantitative estimate of drug-likeness (QED) is 0.555. The first-order chi connectivity index (χ1) is 15.2. The largest absolute Gasteiger partial charge is 0.355 e. The van der Waals surface area contributed by atoms with E-state index in [1.54, 1.807) is 50.2 Å². The molecule has 0 bridgehead atoms. The molecule has 1 atom stereocenters. The van der Waals surface area contributed by atoms with Crippen molar-refractivity contribution < 1.29 is 22.4 Å². The van der Waals surface area contributed by atoms with Crippen LogP contribution in [0.4, 0.5) is 4.39 Å². The Labute approximate surface area is 189 Å². The Morgan fingerprint density at radius 1 is 1.06 bits per heavy atom. The summed E-state index contributed by atoms with van der Waals surface area (Å²) in [7, 11) is -2.19. The second-order valence-corrected chi connectivity index (χ2v) is 9.47. The summed E-state index contributed by atoms with van der Waals surface area (Å²) < 4.78 is 40.6. The summed E-state index contributed by atoms with van der Waals surface area (Å²) in [6.45, 7) is 3.85. The van der Waals surface area contributed by atoms with E-state index >= 15 is 0 Å². The van der Waals surface area contributed by atoms with Crippen molar-refractivity contribution in [3.63, 3.8) is 0 Å². The van der Waals surface area contributed by atoms with Crippen molar-refractivity contribution in [2.75, 3.05) is 20.1 Å². The molecule has 0 spiro atoms. The number of benzene rings is 2. The van der Waals surface area contributed by atoms with E-state index in [2.05, 4.69) is 5.32 Å². The van der Waals surface area contributed by atoms with E-state index in [1.807, 2.05) is 0 Å². The molecule has 7 nitrogen and oxygen atoms in total. The first-order valence-corrected chi connectivity index (χ1v) is 11.9. The van der Waals surface area contributed by atoms with E-state index in [-0.39, 0.29) is 42.6 Å². The molecule has 32 heavy (non-hydrogen) atoms. The maximum atomic E-state index is 14.2. The normalized spacial score (nSPS) is 12.4. The number of hydrogen-bond acceptors (Lipinski definition) is 4. The Kier molecular flexibility index (Phi) is 9.34. The van der Waals surface area contributed by atoms with E-state index in [0.717, 1.165) is 0 Å². The number of nitrogens with zero attached hydrogens (tertiary/aromatic N) is 2. The van der Waals surface area contributed by atoms with E-state index in [0.29, 0.717) is 12.1 Å². The fraction of sp³-hybridized carbons (Fsp3) is 0.391. The Morgan fingerprint density at radius 3 is 2.31 bits per heavy atom. The van der Waals surface area contributed by atoms with Crippen LogP contribution in [-0.2, 0) is 26.2 Å². The highest BCUT2D eigenvalue weighted by Crippen LogP contribution is 2.17. The fourth-order valence-corrected chi connectivity index (χ4v) is 4.43. The highest BCUT2D eigenvalue weighted by molar-refractivity contribution is 7.89. The van der Waals surface area contributed by atoms with Crippen LogP contribution < -0.4 is 5.32 Å². The van der Waals surface area contributed by atoms with Crippen molar-refractivity contribution >= 4 is 21.8 Å². The third kappa shape index (κ3) is 6.61.